The second-order valence-electron chi connectivity index (χ2n) is 6.32. The van der Waals surface area contributed by atoms with Crippen LogP contribution in [0.3, 0.4) is 0 Å². The normalized spacial score (nSPS) is 19.2. The van der Waals surface area contributed by atoms with E-state index in [1.807, 2.05) is 20.8 Å². The molecule has 0 spiro atoms. The van der Waals surface area contributed by atoms with Crippen LogP contribution in [0.2, 0.25) is 0 Å². The Morgan fingerprint density at radius 3 is 2.71 bits per heavy atom. The number of rotatable bonds is 2. The molecule has 0 saturated carbocycles. The van der Waals surface area contributed by atoms with E-state index in [1.54, 1.807) is 0 Å². The van der Waals surface area contributed by atoms with Crippen LogP contribution in [0.15, 0.2) is 18.2 Å². The predicted molar refractivity (Wildman–Crippen MR) is 71.3 cm³/mol. The van der Waals surface area contributed by atoms with Crippen molar-refractivity contribution in [3.8, 4) is 0 Å². The molecule has 1 aromatic rings. The Kier molecular flexibility index (Phi) is 3.11. The van der Waals surface area contributed by atoms with E-state index in [2.05, 4.69) is 25.1 Å². The van der Waals surface area contributed by atoms with Crippen molar-refractivity contribution in [3.63, 3.8) is 0 Å². The highest BCUT2D eigenvalue weighted by atomic mass is 16.1. The topological polar surface area (TPSA) is 17.1 Å². The fourth-order valence-corrected chi connectivity index (χ4v) is 2.44. The SMILES string of the molecule is CC1CCc2cc(CC(=O)C(C)(C)C)ccc21. The average Bonchev–Trinajstić information content (AvgIpc) is 2.59. The van der Waals surface area contributed by atoms with Crippen molar-refractivity contribution in [2.75, 3.05) is 0 Å². The minimum atomic E-state index is -0.230. The fraction of sp³-hybridized carbons (Fsp3) is 0.562. The maximum absolute atomic E-state index is 12.0. The molecule has 0 radical (unpaired) electrons. The Morgan fingerprint density at radius 2 is 2.06 bits per heavy atom. The molecule has 0 amide bonds. The molecule has 1 unspecified atom stereocenters. The lowest BCUT2D eigenvalue weighted by molar-refractivity contribution is -0.125. The van der Waals surface area contributed by atoms with Crippen LogP contribution in [0.4, 0.5) is 0 Å². The largest absolute Gasteiger partial charge is 0.299 e. The Labute approximate surface area is 104 Å². The van der Waals surface area contributed by atoms with Crippen molar-refractivity contribution in [3.05, 3.63) is 34.9 Å². The molecule has 0 heterocycles. The van der Waals surface area contributed by atoms with Crippen LogP contribution in [-0.2, 0) is 17.6 Å². The van der Waals surface area contributed by atoms with Gasteiger partial charge < -0.3 is 0 Å². The van der Waals surface area contributed by atoms with E-state index in [9.17, 15) is 4.79 Å². The molecule has 0 N–H and O–H groups in total. The number of carbonyl (C=O) groups is 1. The van der Waals surface area contributed by atoms with Gasteiger partial charge >= 0.3 is 0 Å². The molecule has 1 nitrogen and oxygen atoms in total. The van der Waals surface area contributed by atoms with Crippen molar-refractivity contribution in [1.82, 2.24) is 0 Å². The summed E-state index contributed by atoms with van der Waals surface area (Å²) in [5.74, 6) is 1.01. The van der Waals surface area contributed by atoms with Gasteiger partial charge in [0.2, 0.25) is 0 Å². The number of fused-ring (bicyclic) bond motifs is 1. The molecule has 1 heteroatoms. The van der Waals surface area contributed by atoms with Crippen LogP contribution in [0, 0.1) is 5.41 Å². The second kappa shape index (κ2) is 4.29. The van der Waals surface area contributed by atoms with Crippen LogP contribution in [0.5, 0.6) is 0 Å². The van der Waals surface area contributed by atoms with Crippen LogP contribution < -0.4 is 0 Å². The smallest absolute Gasteiger partial charge is 0.142 e. The molecule has 0 saturated heterocycles. The van der Waals surface area contributed by atoms with Gasteiger partial charge in [0, 0.05) is 11.8 Å². The number of aryl methyl sites for hydroxylation is 1. The third-order valence-electron chi connectivity index (χ3n) is 3.79. The summed E-state index contributed by atoms with van der Waals surface area (Å²) in [6.45, 7) is 8.26. The monoisotopic (exact) mass is 230 g/mol. The first kappa shape index (κ1) is 12.3. The molecule has 1 aromatic carbocycles. The highest BCUT2D eigenvalue weighted by molar-refractivity contribution is 5.85. The molecule has 17 heavy (non-hydrogen) atoms. The zero-order valence-electron chi connectivity index (χ0n) is 11.3. The summed E-state index contributed by atoms with van der Waals surface area (Å²) in [7, 11) is 0. The Hall–Kier alpha value is -1.11. The van der Waals surface area contributed by atoms with Crippen LogP contribution in [0.25, 0.3) is 0 Å². The third-order valence-corrected chi connectivity index (χ3v) is 3.79. The van der Waals surface area contributed by atoms with E-state index in [-0.39, 0.29) is 5.41 Å². The standard InChI is InChI=1S/C16H22O/c1-11-5-7-13-9-12(6-8-14(11)13)10-15(17)16(2,3)4/h6,8-9,11H,5,7,10H2,1-4H3. The predicted octanol–water partition coefficient (Wildman–Crippen LogP) is 3.89. The molecule has 1 aliphatic rings. The first-order chi connectivity index (χ1) is 7.88. The lowest BCUT2D eigenvalue weighted by Gasteiger charge is -2.16. The molecule has 0 aromatic heterocycles. The van der Waals surface area contributed by atoms with Crippen LogP contribution >= 0.6 is 0 Å². The first-order valence-electron chi connectivity index (χ1n) is 6.53. The molecular formula is C16H22O. The zero-order chi connectivity index (χ0) is 12.6. The summed E-state index contributed by atoms with van der Waals surface area (Å²) in [5, 5.41) is 0. The number of hydrogen-bond acceptors (Lipinski definition) is 1. The molecule has 1 atom stereocenters. The third kappa shape index (κ3) is 2.59. The van der Waals surface area contributed by atoms with Gasteiger partial charge in [0.25, 0.3) is 0 Å². The molecule has 0 aliphatic heterocycles. The van der Waals surface area contributed by atoms with Crippen molar-refractivity contribution in [1.29, 1.82) is 0 Å². The number of Topliss-reactive ketones (excluding diaryl/α,β-unsaturated/α-hetero) is 1. The van der Waals surface area contributed by atoms with E-state index in [1.165, 1.54) is 29.5 Å². The fourth-order valence-electron chi connectivity index (χ4n) is 2.44. The Morgan fingerprint density at radius 1 is 1.35 bits per heavy atom. The summed E-state index contributed by atoms with van der Waals surface area (Å²) in [5.41, 5.74) is 3.89. The van der Waals surface area contributed by atoms with Gasteiger partial charge in [0.15, 0.2) is 0 Å². The second-order valence-corrected chi connectivity index (χ2v) is 6.32. The van der Waals surface area contributed by atoms with Gasteiger partial charge in [-0.25, -0.2) is 0 Å². The van der Waals surface area contributed by atoms with Crippen LogP contribution in [0.1, 0.15) is 56.7 Å². The van der Waals surface area contributed by atoms with Crippen molar-refractivity contribution < 1.29 is 4.79 Å². The lowest BCUT2D eigenvalue weighted by Crippen LogP contribution is -2.22. The molecule has 1 aliphatic carbocycles. The van der Waals surface area contributed by atoms with E-state index in [0.717, 1.165) is 0 Å². The van der Waals surface area contributed by atoms with Crippen LogP contribution in [-0.4, -0.2) is 5.78 Å². The summed E-state index contributed by atoms with van der Waals surface area (Å²) < 4.78 is 0. The van der Waals surface area contributed by atoms with Crippen molar-refractivity contribution >= 4 is 5.78 Å². The minimum Gasteiger partial charge on any atom is -0.299 e. The van der Waals surface area contributed by atoms with E-state index in [4.69, 9.17) is 0 Å². The number of ketones is 1. The Bertz CT molecular complexity index is 437. The van der Waals surface area contributed by atoms with Gasteiger partial charge in [-0.1, -0.05) is 45.9 Å². The van der Waals surface area contributed by atoms with E-state index < -0.39 is 0 Å². The van der Waals surface area contributed by atoms with Gasteiger partial charge in [0.05, 0.1) is 0 Å². The summed E-state index contributed by atoms with van der Waals surface area (Å²) in [4.78, 5) is 12.0. The van der Waals surface area contributed by atoms with E-state index >= 15 is 0 Å². The summed E-state index contributed by atoms with van der Waals surface area (Å²) in [6, 6.07) is 6.59. The lowest BCUT2D eigenvalue weighted by atomic mass is 9.86. The average molecular weight is 230 g/mol. The maximum Gasteiger partial charge on any atom is 0.142 e. The van der Waals surface area contributed by atoms with Gasteiger partial charge in [-0.05, 0) is 35.4 Å². The highest BCUT2D eigenvalue weighted by Crippen LogP contribution is 2.33. The van der Waals surface area contributed by atoms with Gasteiger partial charge in [-0.15, -0.1) is 0 Å². The highest BCUT2D eigenvalue weighted by Gasteiger charge is 2.23. The number of hydrogen-bond donors (Lipinski definition) is 0. The molecule has 92 valence electrons. The summed E-state index contributed by atoms with van der Waals surface area (Å²) >= 11 is 0. The molecule has 2 rings (SSSR count). The van der Waals surface area contributed by atoms with Gasteiger partial charge in [-0.3, -0.25) is 4.79 Å². The first-order valence-corrected chi connectivity index (χ1v) is 6.53. The molecule has 0 bridgehead atoms. The molecular weight excluding hydrogens is 208 g/mol. The van der Waals surface area contributed by atoms with Crippen molar-refractivity contribution in [2.45, 2.75) is 52.9 Å². The van der Waals surface area contributed by atoms with Crippen molar-refractivity contribution in [2.24, 2.45) is 5.41 Å². The quantitative estimate of drug-likeness (QED) is 0.753. The minimum absolute atomic E-state index is 0.230. The number of carbonyl (C=O) groups excluding carboxylic acids is 1. The zero-order valence-corrected chi connectivity index (χ0v) is 11.3. The Balaban J connectivity index is 2.17. The summed E-state index contributed by atoms with van der Waals surface area (Å²) in [6.07, 6.45) is 3.01. The maximum atomic E-state index is 12.0. The van der Waals surface area contributed by atoms with Gasteiger partial charge in [0.1, 0.15) is 5.78 Å². The van der Waals surface area contributed by atoms with Gasteiger partial charge in [-0.2, -0.15) is 0 Å². The van der Waals surface area contributed by atoms with E-state index in [0.29, 0.717) is 18.1 Å². The number of benzene rings is 1. The molecule has 0 fully saturated rings.